The molecule has 0 aromatic rings. The van der Waals surface area contributed by atoms with Crippen LogP contribution in [0.4, 0.5) is 0 Å². The number of rotatable bonds is 68. The first-order chi connectivity index (χ1) is 43.5. The second-order valence-electron chi connectivity index (χ2n) is 26.0. The SMILES string of the molecule is CC/C=C\C/C=C\C/C=C\C/C=C\C/C=C\C/C=C\C/C=C\C/C=C\C/C=C\CCCCCCCCCCCC(=O)OC(COC(=O)CCCCCCCCCCCCCCCCCCCCCCCCCCCCCC)COP(=O)(O)OCC[N+](C)(C)C. The smallest absolute Gasteiger partial charge is 0.462 e. The molecular weight excluding hydrogens is 1120 g/mol. The topological polar surface area (TPSA) is 108 Å². The van der Waals surface area contributed by atoms with E-state index in [2.05, 4.69) is 123 Å². The van der Waals surface area contributed by atoms with Gasteiger partial charge in [-0.15, -0.1) is 0 Å². The van der Waals surface area contributed by atoms with E-state index in [1.54, 1.807) is 0 Å². The minimum Gasteiger partial charge on any atom is -0.462 e. The van der Waals surface area contributed by atoms with Crippen molar-refractivity contribution in [3.8, 4) is 0 Å². The number of hydrogen-bond acceptors (Lipinski definition) is 7. The largest absolute Gasteiger partial charge is 0.472 e. The molecule has 0 fully saturated rings. The second-order valence-corrected chi connectivity index (χ2v) is 27.4. The summed E-state index contributed by atoms with van der Waals surface area (Å²) in [6.07, 6.45) is 97.8. The average molecular weight is 1260 g/mol. The Morgan fingerprint density at radius 1 is 0.360 bits per heavy atom. The third-order valence-corrected chi connectivity index (χ3v) is 17.1. The number of phosphoric acid groups is 1. The Balaban J connectivity index is 4.06. The maximum Gasteiger partial charge on any atom is 0.472 e. The third-order valence-electron chi connectivity index (χ3n) is 16.1. The van der Waals surface area contributed by atoms with Crippen LogP contribution in [-0.4, -0.2) is 74.9 Å². The zero-order valence-corrected chi connectivity index (χ0v) is 59.5. The minimum absolute atomic E-state index is 0.0276. The molecule has 0 aliphatic carbocycles. The lowest BCUT2D eigenvalue weighted by atomic mass is 10.0. The van der Waals surface area contributed by atoms with Crippen LogP contribution in [0.1, 0.15) is 328 Å². The highest BCUT2D eigenvalue weighted by atomic mass is 31.2. The van der Waals surface area contributed by atoms with E-state index in [1.807, 2.05) is 21.1 Å². The fourth-order valence-corrected chi connectivity index (χ4v) is 11.2. The molecule has 0 spiro atoms. The summed E-state index contributed by atoms with van der Waals surface area (Å²) in [4.78, 5) is 35.9. The molecule has 0 amide bonds. The first-order valence-electron chi connectivity index (χ1n) is 37.1. The number of esters is 2. The molecule has 89 heavy (non-hydrogen) atoms. The van der Waals surface area contributed by atoms with E-state index < -0.39 is 26.5 Å². The van der Waals surface area contributed by atoms with Gasteiger partial charge in [-0.1, -0.05) is 342 Å². The van der Waals surface area contributed by atoms with E-state index in [-0.39, 0.29) is 32.0 Å². The standard InChI is InChI=1S/C79H140NO8P/c1-6-8-10-12-14-16-18-20-22-24-26-28-30-32-34-36-37-38-39-40-41-42-43-44-46-48-50-52-54-56-58-60-62-64-66-68-70-72-79(82)88-77(76-87-89(83,84)86-74-73-80(3,4)5)75-85-78(81)71-69-67-65-63-61-59-57-55-53-51-49-47-45-35-33-31-29-27-25-23-21-19-17-15-13-11-9-7-2/h8,10,14,16,20,22,26,28,32,34,37-38,40-41,43-44,48,50,77H,6-7,9,11-13,15,17-19,21,23-25,27,29-31,33,35-36,39,42,45-47,49,51-76H2,1-5H3/p+1/b10-8-,16-14-,22-20-,28-26-,34-32-,38-37-,41-40-,44-43-,50-48-. The molecule has 2 atom stereocenters. The lowest BCUT2D eigenvalue weighted by molar-refractivity contribution is -0.870. The Bertz CT molecular complexity index is 1870. The summed E-state index contributed by atoms with van der Waals surface area (Å²) >= 11 is 0. The molecule has 0 heterocycles. The Morgan fingerprint density at radius 2 is 0.640 bits per heavy atom. The van der Waals surface area contributed by atoms with E-state index in [9.17, 15) is 19.0 Å². The maximum absolute atomic E-state index is 12.9. The molecule has 9 nitrogen and oxygen atoms in total. The molecule has 0 bridgehead atoms. The summed E-state index contributed by atoms with van der Waals surface area (Å²) in [5, 5.41) is 0. The van der Waals surface area contributed by atoms with Gasteiger partial charge in [-0.05, 0) is 83.5 Å². The van der Waals surface area contributed by atoms with Crippen LogP contribution in [-0.2, 0) is 32.7 Å². The highest BCUT2D eigenvalue weighted by Crippen LogP contribution is 2.43. The molecule has 10 heteroatoms. The molecule has 2 unspecified atom stereocenters. The average Bonchev–Trinajstić information content (AvgIpc) is 3.60. The number of nitrogens with zero attached hydrogens (tertiary/aromatic N) is 1. The molecule has 0 aliphatic rings. The van der Waals surface area contributed by atoms with Crippen molar-refractivity contribution in [1.82, 2.24) is 0 Å². The molecule has 0 rings (SSSR count). The quantitative estimate of drug-likeness (QED) is 0.0211. The van der Waals surface area contributed by atoms with Gasteiger partial charge in [0.25, 0.3) is 0 Å². The third kappa shape index (κ3) is 73.6. The van der Waals surface area contributed by atoms with Crippen molar-refractivity contribution in [2.75, 3.05) is 47.5 Å². The lowest BCUT2D eigenvalue weighted by Gasteiger charge is -2.24. The Labute approximate surface area is 550 Å². The van der Waals surface area contributed by atoms with Crippen molar-refractivity contribution in [2.45, 2.75) is 335 Å². The molecule has 0 aliphatic heterocycles. The summed E-state index contributed by atoms with van der Waals surface area (Å²) in [6.45, 7) is 4.35. The van der Waals surface area contributed by atoms with Gasteiger partial charge in [-0.25, -0.2) is 4.57 Å². The molecule has 0 aromatic carbocycles. The van der Waals surface area contributed by atoms with E-state index in [1.165, 1.54) is 193 Å². The summed E-state index contributed by atoms with van der Waals surface area (Å²) < 4.78 is 34.8. The van der Waals surface area contributed by atoms with Gasteiger partial charge in [0.1, 0.15) is 19.8 Å². The highest BCUT2D eigenvalue weighted by molar-refractivity contribution is 7.47. The van der Waals surface area contributed by atoms with Crippen LogP contribution in [0.25, 0.3) is 0 Å². The zero-order valence-electron chi connectivity index (χ0n) is 58.6. The predicted molar refractivity (Wildman–Crippen MR) is 385 cm³/mol. The zero-order chi connectivity index (χ0) is 64.8. The molecule has 514 valence electrons. The highest BCUT2D eigenvalue weighted by Gasteiger charge is 2.27. The number of ether oxygens (including phenoxy) is 2. The number of phosphoric ester groups is 1. The van der Waals surface area contributed by atoms with E-state index in [4.69, 9.17) is 18.5 Å². The van der Waals surface area contributed by atoms with Gasteiger partial charge in [0.2, 0.25) is 0 Å². The summed E-state index contributed by atoms with van der Waals surface area (Å²) in [5.41, 5.74) is 0. The van der Waals surface area contributed by atoms with Crippen LogP contribution in [0.5, 0.6) is 0 Å². The van der Waals surface area contributed by atoms with Crippen molar-refractivity contribution < 1.29 is 42.1 Å². The Morgan fingerprint density at radius 3 is 0.955 bits per heavy atom. The molecule has 0 aromatic heterocycles. The monoisotopic (exact) mass is 1260 g/mol. The van der Waals surface area contributed by atoms with Gasteiger partial charge in [0.05, 0.1) is 27.7 Å². The molecular formula is C79H141NO8P+. The van der Waals surface area contributed by atoms with Crippen molar-refractivity contribution in [2.24, 2.45) is 0 Å². The number of allylic oxidation sites excluding steroid dienone is 18. The van der Waals surface area contributed by atoms with Crippen LogP contribution in [0.3, 0.4) is 0 Å². The van der Waals surface area contributed by atoms with Crippen molar-refractivity contribution >= 4 is 19.8 Å². The number of quaternary nitrogens is 1. The van der Waals surface area contributed by atoms with Crippen molar-refractivity contribution in [3.63, 3.8) is 0 Å². The van der Waals surface area contributed by atoms with Gasteiger partial charge in [0, 0.05) is 12.8 Å². The summed E-state index contributed by atoms with van der Waals surface area (Å²) in [5.74, 6) is -0.795. The molecule has 1 N–H and O–H groups in total. The van der Waals surface area contributed by atoms with E-state index >= 15 is 0 Å². The predicted octanol–water partition coefficient (Wildman–Crippen LogP) is 24.4. The van der Waals surface area contributed by atoms with Crippen LogP contribution in [0.15, 0.2) is 109 Å². The van der Waals surface area contributed by atoms with Gasteiger partial charge in [0.15, 0.2) is 6.10 Å². The Kier molecular flexibility index (Phi) is 66.4. The van der Waals surface area contributed by atoms with Gasteiger partial charge >= 0.3 is 19.8 Å². The van der Waals surface area contributed by atoms with E-state index in [0.29, 0.717) is 17.4 Å². The van der Waals surface area contributed by atoms with Crippen LogP contribution in [0, 0.1) is 0 Å². The summed E-state index contributed by atoms with van der Waals surface area (Å²) in [6, 6.07) is 0. The number of unbranched alkanes of at least 4 members (excludes halogenated alkanes) is 36. The van der Waals surface area contributed by atoms with Crippen LogP contribution in [0.2, 0.25) is 0 Å². The van der Waals surface area contributed by atoms with Crippen LogP contribution < -0.4 is 0 Å². The number of carbonyl (C=O) groups is 2. The first-order valence-corrected chi connectivity index (χ1v) is 38.6. The maximum atomic E-state index is 12.9. The summed E-state index contributed by atoms with van der Waals surface area (Å²) in [7, 11) is 1.47. The number of hydrogen-bond donors (Lipinski definition) is 1. The van der Waals surface area contributed by atoms with Crippen LogP contribution >= 0.6 is 7.82 Å². The normalized spacial score (nSPS) is 13.7. The number of likely N-dealkylation sites (N-methyl/N-ethyl adjacent to an activating group) is 1. The molecule has 0 saturated carbocycles. The van der Waals surface area contributed by atoms with Gasteiger partial charge in [-0.3, -0.25) is 18.6 Å². The van der Waals surface area contributed by atoms with E-state index in [0.717, 1.165) is 103 Å². The molecule has 0 radical (unpaired) electrons. The Hall–Kier alpha value is -3.33. The van der Waals surface area contributed by atoms with Gasteiger partial charge in [-0.2, -0.15) is 0 Å². The van der Waals surface area contributed by atoms with Crippen molar-refractivity contribution in [3.05, 3.63) is 109 Å². The molecule has 0 saturated heterocycles. The lowest BCUT2D eigenvalue weighted by Crippen LogP contribution is -2.37. The first kappa shape index (κ1) is 85.7. The minimum atomic E-state index is -4.40. The fraction of sp³-hybridized carbons (Fsp3) is 0.747. The van der Waals surface area contributed by atoms with Crippen molar-refractivity contribution in [1.29, 1.82) is 0 Å². The van der Waals surface area contributed by atoms with Gasteiger partial charge < -0.3 is 18.9 Å². The second kappa shape index (κ2) is 69.0. The number of carbonyl (C=O) groups excluding carboxylic acids is 2. The fourth-order valence-electron chi connectivity index (χ4n) is 10.4.